The first kappa shape index (κ1) is 17.6. The third-order valence-electron chi connectivity index (χ3n) is 3.95. The number of aromatic amines is 1. The summed E-state index contributed by atoms with van der Waals surface area (Å²) in [5, 5.41) is 0. The highest BCUT2D eigenvalue weighted by molar-refractivity contribution is 7.96. The number of H-pyrrole nitrogens is 1. The Hall–Kier alpha value is -2.18. The molecule has 0 saturated carbocycles. The van der Waals surface area contributed by atoms with Crippen molar-refractivity contribution in [2.45, 2.75) is 27.3 Å². The van der Waals surface area contributed by atoms with Crippen LogP contribution in [0.25, 0.3) is 22.4 Å². The summed E-state index contributed by atoms with van der Waals surface area (Å²) in [5.74, 6) is 0.0584. The lowest BCUT2D eigenvalue weighted by Crippen LogP contribution is -2.20. The maximum atomic E-state index is 12.7. The minimum Gasteiger partial charge on any atom is -0.344 e. The van der Waals surface area contributed by atoms with E-state index in [2.05, 4.69) is 26.8 Å². The van der Waals surface area contributed by atoms with Gasteiger partial charge in [-0.15, -0.1) is 0 Å². The molecule has 0 bridgehead atoms. The quantitative estimate of drug-likeness (QED) is 0.530. The minimum atomic E-state index is -0.462. The van der Waals surface area contributed by atoms with Gasteiger partial charge in [0.2, 0.25) is 0 Å². The first-order chi connectivity index (χ1) is 11.9. The SMILES string of the molecule is CSNCc1cccc(-c2cnc3[nH]cc(C(=O)C(C)(C)C)c3n2)c1. The fourth-order valence-electron chi connectivity index (χ4n) is 2.60. The molecular weight excluding hydrogens is 332 g/mol. The number of ketones is 1. The summed E-state index contributed by atoms with van der Waals surface area (Å²) in [6.45, 7) is 6.51. The summed E-state index contributed by atoms with van der Waals surface area (Å²) in [6.07, 6.45) is 5.45. The third kappa shape index (κ3) is 3.75. The van der Waals surface area contributed by atoms with Crippen molar-refractivity contribution in [2.75, 3.05) is 6.26 Å². The van der Waals surface area contributed by atoms with Crippen LogP contribution in [0.1, 0.15) is 36.7 Å². The predicted molar refractivity (Wildman–Crippen MR) is 103 cm³/mol. The molecule has 0 aliphatic rings. The molecule has 0 saturated heterocycles. The van der Waals surface area contributed by atoms with Crippen LogP contribution in [0, 0.1) is 5.41 Å². The van der Waals surface area contributed by atoms with Crippen molar-refractivity contribution in [2.24, 2.45) is 5.41 Å². The molecule has 0 amide bonds. The number of Topliss-reactive ketones (excluding diaryl/α,β-unsaturated/α-hetero) is 1. The normalized spacial score (nSPS) is 11.8. The zero-order valence-electron chi connectivity index (χ0n) is 14.9. The van der Waals surface area contributed by atoms with Gasteiger partial charge in [-0.1, -0.05) is 50.9 Å². The Bertz CT molecular complexity index is 911. The summed E-state index contributed by atoms with van der Waals surface area (Å²) < 4.78 is 3.24. The topological polar surface area (TPSA) is 70.7 Å². The fraction of sp³-hybridized carbons (Fsp3) is 0.316. The minimum absolute atomic E-state index is 0.0584. The summed E-state index contributed by atoms with van der Waals surface area (Å²) >= 11 is 1.59. The van der Waals surface area contributed by atoms with E-state index in [4.69, 9.17) is 4.98 Å². The van der Waals surface area contributed by atoms with Crippen LogP contribution in [0.3, 0.4) is 0 Å². The fourth-order valence-corrected chi connectivity index (χ4v) is 2.91. The molecule has 0 atom stereocenters. The molecular formula is C19H22N4OS. The van der Waals surface area contributed by atoms with E-state index in [0.717, 1.165) is 17.8 Å². The number of nitrogens with one attached hydrogen (secondary N) is 2. The highest BCUT2D eigenvalue weighted by Crippen LogP contribution is 2.27. The van der Waals surface area contributed by atoms with Crippen molar-refractivity contribution in [3.63, 3.8) is 0 Å². The molecule has 5 nitrogen and oxygen atoms in total. The number of fused-ring (bicyclic) bond motifs is 1. The number of benzene rings is 1. The van der Waals surface area contributed by atoms with Crippen molar-refractivity contribution in [1.29, 1.82) is 0 Å². The summed E-state index contributed by atoms with van der Waals surface area (Å²) in [4.78, 5) is 24.9. The maximum absolute atomic E-state index is 12.7. The van der Waals surface area contributed by atoms with E-state index in [1.165, 1.54) is 5.56 Å². The molecule has 6 heteroatoms. The van der Waals surface area contributed by atoms with Gasteiger partial charge in [-0.05, 0) is 17.9 Å². The maximum Gasteiger partial charge on any atom is 0.171 e. The lowest BCUT2D eigenvalue weighted by atomic mass is 9.87. The Labute approximate surface area is 151 Å². The van der Waals surface area contributed by atoms with E-state index in [9.17, 15) is 4.79 Å². The van der Waals surface area contributed by atoms with Gasteiger partial charge in [-0.25, -0.2) is 9.97 Å². The van der Waals surface area contributed by atoms with Gasteiger partial charge in [0, 0.05) is 23.7 Å². The highest BCUT2D eigenvalue weighted by atomic mass is 32.2. The Morgan fingerprint density at radius 2 is 2.12 bits per heavy atom. The average Bonchev–Trinajstić information content (AvgIpc) is 3.01. The van der Waals surface area contributed by atoms with E-state index >= 15 is 0 Å². The van der Waals surface area contributed by atoms with Crippen molar-refractivity contribution in [3.8, 4) is 11.3 Å². The van der Waals surface area contributed by atoms with Gasteiger partial charge in [0.1, 0.15) is 5.52 Å². The second-order valence-corrected chi connectivity index (χ2v) is 7.66. The van der Waals surface area contributed by atoms with Crippen LogP contribution < -0.4 is 4.72 Å². The molecule has 0 aliphatic heterocycles. The smallest absolute Gasteiger partial charge is 0.171 e. The number of carbonyl (C=O) groups is 1. The molecule has 0 spiro atoms. The summed E-state index contributed by atoms with van der Waals surface area (Å²) in [5.41, 5.74) is 4.33. The third-order valence-corrected chi connectivity index (χ3v) is 4.38. The van der Waals surface area contributed by atoms with Crippen LogP contribution in [-0.4, -0.2) is 27.0 Å². The van der Waals surface area contributed by atoms with E-state index in [1.807, 2.05) is 39.2 Å². The van der Waals surface area contributed by atoms with E-state index < -0.39 is 5.41 Å². The van der Waals surface area contributed by atoms with Crippen LogP contribution in [0.5, 0.6) is 0 Å². The molecule has 3 aromatic rings. The van der Waals surface area contributed by atoms with E-state index in [0.29, 0.717) is 16.7 Å². The molecule has 130 valence electrons. The van der Waals surface area contributed by atoms with Crippen LogP contribution in [0.2, 0.25) is 0 Å². The first-order valence-corrected chi connectivity index (χ1v) is 9.36. The largest absolute Gasteiger partial charge is 0.344 e. The van der Waals surface area contributed by atoms with E-state index in [1.54, 1.807) is 24.3 Å². The molecule has 0 radical (unpaired) electrons. The monoisotopic (exact) mass is 354 g/mol. The van der Waals surface area contributed by atoms with Gasteiger partial charge in [0.05, 0.1) is 17.5 Å². The van der Waals surface area contributed by atoms with Crippen LogP contribution in [0.4, 0.5) is 0 Å². The van der Waals surface area contributed by atoms with Crippen molar-refractivity contribution in [3.05, 3.63) is 47.8 Å². The lowest BCUT2D eigenvalue weighted by molar-refractivity contribution is 0.0860. The molecule has 0 fully saturated rings. The van der Waals surface area contributed by atoms with Crippen LogP contribution in [0.15, 0.2) is 36.7 Å². The van der Waals surface area contributed by atoms with Crippen LogP contribution >= 0.6 is 11.9 Å². The second kappa shape index (κ2) is 6.98. The zero-order chi connectivity index (χ0) is 18.0. The van der Waals surface area contributed by atoms with Gasteiger partial charge in [0.15, 0.2) is 11.4 Å². The van der Waals surface area contributed by atoms with E-state index in [-0.39, 0.29) is 5.78 Å². The molecule has 0 aliphatic carbocycles. The van der Waals surface area contributed by atoms with Gasteiger partial charge in [-0.3, -0.25) is 9.52 Å². The summed E-state index contributed by atoms with van der Waals surface area (Å²) in [6, 6.07) is 8.19. The second-order valence-electron chi connectivity index (χ2n) is 6.96. The number of carbonyl (C=O) groups excluding carboxylic acids is 1. The first-order valence-electron chi connectivity index (χ1n) is 8.14. The Morgan fingerprint density at radius 1 is 1.32 bits per heavy atom. The summed E-state index contributed by atoms with van der Waals surface area (Å²) in [7, 11) is 0. The average molecular weight is 354 g/mol. The molecule has 3 rings (SSSR count). The standard InChI is InChI=1S/C19H22N4OS/c1-19(2,3)17(24)14-10-20-18-16(14)23-15(11-21-18)13-7-5-6-12(8-13)9-22-25-4/h5-8,10-11,22H,9H2,1-4H3,(H,20,21). The zero-order valence-corrected chi connectivity index (χ0v) is 15.7. The Kier molecular flexibility index (Phi) is 4.92. The molecule has 2 aromatic heterocycles. The Balaban J connectivity index is 2.02. The highest BCUT2D eigenvalue weighted by Gasteiger charge is 2.26. The van der Waals surface area contributed by atoms with Crippen molar-refractivity contribution in [1.82, 2.24) is 19.7 Å². The number of nitrogens with zero attached hydrogens (tertiary/aromatic N) is 2. The van der Waals surface area contributed by atoms with Crippen LogP contribution in [-0.2, 0) is 6.54 Å². The molecule has 2 heterocycles. The molecule has 0 unspecified atom stereocenters. The molecule has 1 aromatic carbocycles. The van der Waals surface area contributed by atoms with Gasteiger partial charge >= 0.3 is 0 Å². The van der Waals surface area contributed by atoms with Gasteiger partial charge in [-0.2, -0.15) is 0 Å². The number of hydrogen-bond donors (Lipinski definition) is 2. The number of rotatable bonds is 5. The lowest BCUT2D eigenvalue weighted by Gasteiger charge is -2.15. The molecule has 25 heavy (non-hydrogen) atoms. The van der Waals surface area contributed by atoms with Crippen molar-refractivity contribution < 1.29 is 4.79 Å². The predicted octanol–water partition coefficient (Wildman–Crippen LogP) is 4.22. The molecule has 2 N–H and O–H groups in total. The van der Waals surface area contributed by atoms with Gasteiger partial charge < -0.3 is 4.98 Å². The van der Waals surface area contributed by atoms with Gasteiger partial charge in [0.25, 0.3) is 0 Å². The number of aromatic nitrogens is 3. The van der Waals surface area contributed by atoms with Crippen molar-refractivity contribution >= 4 is 28.9 Å². The Morgan fingerprint density at radius 3 is 2.84 bits per heavy atom. The number of hydrogen-bond acceptors (Lipinski definition) is 5.